The number of carbonyl (C=O) groups excluding carboxylic acids is 1. The predicted molar refractivity (Wildman–Crippen MR) is 34.9 cm³/mol. The maximum Gasteiger partial charge on any atom is 0.235 e. The minimum atomic E-state index is 0.122. The molecule has 0 aromatic rings. The number of isocyanates is 1. The highest BCUT2D eigenvalue weighted by atomic mass is 16.1. The summed E-state index contributed by atoms with van der Waals surface area (Å²) in [4.78, 5) is 13.3. The van der Waals surface area contributed by atoms with Gasteiger partial charge in [0.2, 0.25) is 6.08 Å². The molecule has 1 rings (SSSR count). The maximum absolute atomic E-state index is 9.75. The lowest BCUT2D eigenvalue weighted by Gasteiger charge is -2.07. The standard InChI is InChI=1S/C7H9NO/c9-6-8-7-4-2-1-3-5-7/h2,4,7H,1,3,5H2. The smallest absolute Gasteiger partial charge is 0.211 e. The highest BCUT2D eigenvalue weighted by Crippen LogP contribution is 2.12. The second-order valence-corrected chi connectivity index (χ2v) is 2.15. The van der Waals surface area contributed by atoms with Gasteiger partial charge in [-0.05, 0) is 19.3 Å². The molecule has 0 amide bonds. The van der Waals surface area contributed by atoms with Gasteiger partial charge in [0.25, 0.3) is 0 Å². The van der Waals surface area contributed by atoms with E-state index in [2.05, 4.69) is 11.1 Å². The summed E-state index contributed by atoms with van der Waals surface area (Å²) in [5, 5.41) is 0. The van der Waals surface area contributed by atoms with Crippen LogP contribution in [0.25, 0.3) is 0 Å². The van der Waals surface area contributed by atoms with E-state index in [0.717, 1.165) is 19.3 Å². The van der Waals surface area contributed by atoms with E-state index in [9.17, 15) is 4.79 Å². The summed E-state index contributed by atoms with van der Waals surface area (Å²) in [6, 6.07) is 0.122. The second kappa shape index (κ2) is 3.21. The lowest BCUT2D eigenvalue weighted by Crippen LogP contribution is -2.02. The van der Waals surface area contributed by atoms with Crippen LogP contribution in [0.1, 0.15) is 19.3 Å². The zero-order valence-corrected chi connectivity index (χ0v) is 5.21. The second-order valence-electron chi connectivity index (χ2n) is 2.15. The minimum Gasteiger partial charge on any atom is -0.211 e. The first-order chi connectivity index (χ1) is 4.43. The molecule has 0 saturated heterocycles. The summed E-state index contributed by atoms with van der Waals surface area (Å²) < 4.78 is 0. The molecule has 0 spiro atoms. The number of hydrogen-bond donors (Lipinski definition) is 0. The van der Waals surface area contributed by atoms with Gasteiger partial charge in [0.1, 0.15) is 0 Å². The Morgan fingerprint density at radius 3 is 3.11 bits per heavy atom. The van der Waals surface area contributed by atoms with E-state index in [1.807, 2.05) is 6.08 Å². The molecule has 2 nitrogen and oxygen atoms in total. The van der Waals surface area contributed by atoms with E-state index >= 15 is 0 Å². The first-order valence-corrected chi connectivity index (χ1v) is 3.17. The fourth-order valence-corrected chi connectivity index (χ4v) is 0.970. The van der Waals surface area contributed by atoms with Gasteiger partial charge in [-0.25, -0.2) is 4.79 Å². The van der Waals surface area contributed by atoms with Crippen molar-refractivity contribution in [2.24, 2.45) is 4.99 Å². The average molecular weight is 123 g/mol. The lowest BCUT2D eigenvalue weighted by molar-refractivity contribution is 0.555. The Morgan fingerprint density at radius 1 is 1.67 bits per heavy atom. The van der Waals surface area contributed by atoms with E-state index in [-0.39, 0.29) is 6.04 Å². The van der Waals surface area contributed by atoms with E-state index in [1.54, 1.807) is 6.08 Å². The van der Waals surface area contributed by atoms with Gasteiger partial charge in [-0.2, -0.15) is 4.99 Å². The quantitative estimate of drug-likeness (QED) is 0.294. The van der Waals surface area contributed by atoms with Gasteiger partial charge in [-0.3, -0.25) is 0 Å². The molecule has 0 bridgehead atoms. The summed E-state index contributed by atoms with van der Waals surface area (Å²) >= 11 is 0. The Kier molecular flexibility index (Phi) is 2.22. The number of rotatable bonds is 1. The molecule has 0 aromatic carbocycles. The van der Waals surface area contributed by atoms with Crippen LogP contribution >= 0.6 is 0 Å². The van der Waals surface area contributed by atoms with Crippen LogP contribution in [0.5, 0.6) is 0 Å². The molecule has 0 heterocycles. The zero-order valence-electron chi connectivity index (χ0n) is 5.21. The predicted octanol–water partition coefficient (Wildman–Crippen LogP) is 1.43. The minimum absolute atomic E-state index is 0.122. The topological polar surface area (TPSA) is 29.4 Å². The van der Waals surface area contributed by atoms with Crippen LogP contribution in [0.15, 0.2) is 17.1 Å². The highest BCUT2D eigenvalue weighted by Gasteiger charge is 2.04. The van der Waals surface area contributed by atoms with Crippen LogP contribution in [-0.2, 0) is 4.79 Å². The summed E-state index contributed by atoms with van der Waals surface area (Å²) in [6.07, 6.45) is 8.87. The molecule has 1 aliphatic rings. The number of nitrogens with zero attached hydrogens (tertiary/aromatic N) is 1. The van der Waals surface area contributed by atoms with Crippen LogP contribution < -0.4 is 0 Å². The van der Waals surface area contributed by atoms with E-state index in [0.29, 0.717) is 0 Å². The maximum atomic E-state index is 9.75. The fourth-order valence-electron chi connectivity index (χ4n) is 0.970. The largest absolute Gasteiger partial charge is 0.235 e. The van der Waals surface area contributed by atoms with Gasteiger partial charge in [0.15, 0.2) is 0 Å². The van der Waals surface area contributed by atoms with E-state index in [4.69, 9.17) is 0 Å². The van der Waals surface area contributed by atoms with Crippen molar-refractivity contribution >= 4 is 6.08 Å². The third-order valence-electron chi connectivity index (χ3n) is 1.45. The third-order valence-corrected chi connectivity index (χ3v) is 1.45. The molecule has 1 unspecified atom stereocenters. The van der Waals surface area contributed by atoms with Crippen LogP contribution in [0.3, 0.4) is 0 Å². The molecule has 0 N–H and O–H groups in total. The SMILES string of the molecule is O=C=NC1C=CCCC1. The van der Waals surface area contributed by atoms with Crippen molar-refractivity contribution in [3.63, 3.8) is 0 Å². The summed E-state index contributed by atoms with van der Waals surface area (Å²) in [7, 11) is 0. The monoisotopic (exact) mass is 123 g/mol. The molecular formula is C7H9NO. The molecule has 0 radical (unpaired) electrons. The Morgan fingerprint density at radius 2 is 2.56 bits per heavy atom. The molecule has 48 valence electrons. The number of allylic oxidation sites excluding steroid dienone is 1. The first kappa shape index (κ1) is 6.24. The van der Waals surface area contributed by atoms with Gasteiger partial charge in [0, 0.05) is 0 Å². The van der Waals surface area contributed by atoms with Crippen molar-refractivity contribution < 1.29 is 4.79 Å². The van der Waals surface area contributed by atoms with Crippen LogP contribution in [-0.4, -0.2) is 12.1 Å². The Bertz CT molecular complexity index is 156. The Balaban J connectivity index is 2.49. The van der Waals surface area contributed by atoms with Crippen LogP contribution in [0.4, 0.5) is 0 Å². The first-order valence-electron chi connectivity index (χ1n) is 3.17. The molecule has 0 fully saturated rings. The molecule has 0 saturated carbocycles. The summed E-state index contributed by atoms with van der Waals surface area (Å²) in [6.45, 7) is 0. The van der Waals surface area contributed by atoms with Gasteiger partial charge >= 0.3 is 0 Å². The summed E-state index contributed by atoms with van der Waals surface area (Å²) in [5.41, 5.74) is 0. The fraction of sp³-hybridized carbons (Fsp3) is 0.571. The third kappa shape index (κ3) is 1.82. The average Bonchev–Trinajstić information content (AvgIpc) is 1.91. The summed E-state index contributed by atoms with van der Waals surface area (Å²) in [5.74, 6) is 0. The van der Waals surface area contributed by atoms with Gasteiger partial charge in [0.05, 0.1) is 6.04 Å². The Labute approximate surface area is 54.3 Å². The van der Waals surface area contributed by atoms with Crippen molar-refractivity contribution in [1.82, 2.24) is 0 Å². The van der Waals surface area contributed by atoms with E-state index < -0.39 is 0 Å². The molecule has 2 heteroatoms. The van der Waals surface area contributed by atoms with Gasteiger partial charge in [-0.1, -0.05) is 12.2 Å². The molecule has 0 aromatic heterocycles. The molecule has 1 atom stereocenters. The van der Waals surface area contributed by atoms with Crippen molar-refractivity contribution in [3.05, 3.63) is 12.2 Å². The number of hydrogen-bond acceptors (Lipinski definition) is 2. The lowest BCUT2D eigenvalue weighted by atomic mass is 10.0. The van der Waals surface area contributed by atoms with Crippen LogP contribution in [0.2, 0.25) is 0 Å². The molecule has 0 aliphatic heterocycles. The van der Waals surface area contributed by atoms with Crippen molar-refractivity contribution in [2.45, 2.75) is 25.3 Å². The number of aliphatic imine (C=N–C) groups is 1. The highest BCUT2D eigenvalue weighted by molar-refractivity contribution is 5.34. The van der Waals surface area contributed by atoms with Crippen molar-refractivity contribution in [3.8, 4) is 0 Å². The molecule has 9 heavy (non-hydrogen) atoms. The van der Waals surface area contributed by atoms with Gasteiger partial charge in [-0.15, -0.1) is 0 Å². The van der Waals surface area contributed by atoms with Crippen molar-refractivity contribution in [1.29, 1.82) is 0 Å². The normalized spacial score (nSPS) is 25.1. The zero-order chi connectivity index (χ0) is 6.53. The molecule has 1 aliphatic carbocycles. The van der Waals surface area contributed by atoms with Crippen molar-refractivity contribution in [2.75, 3.05) is 0 Å². The van der Waals surface area contributed by atoms with Crippen LogP contribution in [0, 0.1) is 0 Å². The van der Waals surface area contributed by atoms with Gasteiger partial charge < -0.3 is 0 Å². The van der Waals surface area contributed by atoms with E-state index in [1.165, 1.54) is 0 Å². The Hall–Kier alpha value is -0.880. The molecular weight excluding hydrogens is 114 g/mol.